The molecule has 0 unspecified atom stereocenters. The van der Waals surface area contributed by atoms with Crippen LogP contribution in [-0.4, -0.2) is 36.4 Å². The van der Waals surface area contributed by atoms with Crippen LogP contribution in [0.25, 0.3) is 0 Å². The summed E-state index contributed by atoms with van der Waals surface area (Å²) in [6.07, 6.45) is -0.0203. The monoisotopic (exact) mass is 338 g/mol. The summed E-state index contributed by atoms with van der Waals surface area (Å²) in [4.78, 5) is 26.3. The molecule has 25 heavy (non-hydrogen) atoms. The van der Waals surface area contributed by atoms with Crippen molar-refractivity contribution >= 4 is 17.5 Å². The van der Waals surface area contributed by atoms with Crippen molar-refractivity contribution < 1.29 is 14.3 Å². The van der Waals surface area contributed by atoms with Crippen LogP contribution in [0.5, 0.6) is 5.75 Å². The number of benzene rings is 2. The third kappa shape index (κ3) is 3.65. The number of nitrogens with one attached hydrogen (secondary N) is 1. The van der Waals surface area contributed by atoms with Gasteiger partial charge in [0, 0.05) is 19.2 Å². The normalized spacial score (nSPS) is 15.2. The first kappa shape index (κ1) is 17.0. The average molecular weight is 338 g/mol. The van der Waals surface area contributed by atoms with Crippen LogP contribution >= 0.6 is 0 Å². The van der Waals surface area contributed by atoms with E-state index in [1.165, 1.54) is 4.90 Å². The van der Waals surface area contributed by atoms with E-state index in [2.05, 4.69) is 5.32 Å². The van der Waals surface area contributed by atoms with Crippen molar-refractivity contribution in [1.82, 2.24) is 4.90 Å². The Morgan fingerprint density at radius 1 is 1.12 bits per heavy atom. The van der Waals surface area contributed by atoms with E-state index >= 15 is 0 Å². The molecule has 2 aromatic carbocycles. The summed E-state index contributed by atoms with van der Waals surface area (Å²) >= 11 is 0. The van der Waals surface area contributed by atoms with E-state index in [1.807, 2.05) is 56.3 Å². The van der Waals surface area contributed by atoms with Gasteiger partial charge >= 0.3 is 0 Å². The highest BCUT2D eigenvalue weighted by Gasteiger charge is 2.31. The number of hydrogen-bond donors (Lipinski definition) is 1. The van der Waals surface area contributed by atoms with E-state index in [0.717, 1.165) is 28.1 Å². The van der Waals surface area contributed by atoms with E-state index < -0.39 is 6.10 Å². The second kappa shape index (κ2) is 6.97. The second-order valence-corrected chi connectivity index (χ2v) is 6.43. The van der Waals surface area contributed by atoms with Crippen molar-refractivity contribution in [2.75, 3.05) is 18.9 Å². The molecule has 0 aromatic heterocycles. The summed E-state index contributed by atoms with van der Waals surface area (Å²) < 4.78 is 5.71. The van der Waals surface area contributed by atoms with Crippen molar-refractivity contribution in [3.05, 3.63) is 59.2 Å². The molecule has 5 nitrogen and oxygen atoms in total. The fourth-order valence-electron chi connectivity index (χ4n) is 3.05. The van der Waals surface area contributed by atoms with Gasteiger partial charge in [0.15, 0.2) is 6.10 Å². The first-order valence-corrected chi connectivity index (χ1v) is 8.31. The van der Waals surface area contributed by atoms with E-state index in [-0.39, 0.29) is 18.4 Å². The van der Waals surface area contributed by atoms with Gasteiger partial charge in [-0.15, -0.1) is 0 Å². The summed E-state index contributed by atoms with van der Waals surface area (Å²) in [5, 5.41) is 2.90. The molecule has 0 bridgehead atoms. The maximum Gasteiger partial charge on any atom is 0.264 e. The molecule has 130 valence electrons. The molecule has 0 radical (unpaired) electrons. The SMILES string of the molecule is Cc1cccc(C)c1NC(=O)CN(C)C(=O)[C@H]1Cc2ccccc2O1. The molecule has 2 amide bonds. The van der Waals surface area contributed by atoms with Crippen molar-refractivity contribution in [3.8, 4) is 5.75 Å². The number of aryl methyl sites for hydroxylation is 2. The molecule has 0 saturated heterocycles. The minimum Gasteiger partial charge on any atom is -0.480 e. The minimum absolute atomic E-state index is 0.0111. The average Bonchev–Trinajstić information content (AvgIpc) is 3.01. The molecule has 0 aliphatic carbocycles. The number of carbonyl (C=O) groups is 2. The fourth-order valence-corrected chi connectivity index (χ4v) is 3.05. The third-order valence-electron chi connectivity index (χ3n) is 4.43. The molecule has 1 aliphatic rings. The molecule has 3 rings (SSSR count). The maximum absolute atomic E-state index is 12.6. The van der Waals surface area contributed by atoms with Gasteiger partial charge in [0.1, 0.15) is 5.75 Å². The molecule has 1 atom stereocenters. The first-order chi connectivity index (χ1) is 12.0. The number of nitrogens with zero attached hydrogens (tertiary/aromatic N) is 1. The van der Waals surface area contributed by atoms with Gasteiger partial charge in [-0.3, -0.25) is 9.59 Å². The van der Waals surface area contributed by atoms with Crippen LogP contribution in [0.2, 0.25) is 0 Å². The van der Waals surface area contributed by atoms with Crippen LogP contribution in [0.4, 0.5) is 5.69 Å². The summed E-state index contributed by atoms with van der Waals surface area (Å²) in [6, 6.07) is 13.5. The summed E-state index contributed by atoms with van der Waals surface area (Å²) in [6.45, 7) is 3.88. The number of hydrogen-bond acceptors (Lipinski definition) is 3. The van der Waals surface area contributed by atoms with Crippen LogP contribution in [0.3, 0.4) is 0 Å². The lowest BCUT2D eigenvalue weighted by molar-refractivity contribution is -0.139. The standard InChI is InChI=1S/C20H22N2O3/c1-13-7-6-8-14(2)19(13)21-18(23)12-22(3)20(24)17-11-15-9-4-5-10-16(15)25-17/h4-10,17H,11-12H2,1-3H3,(H,21,23)/t17-/m1/s1. The summed E-state index contributed by atoms with van der Waals surface area (Å²) in [5.41, 5.74) is 3.82. The van der Waals surface area contributed by atoms with E-state index in [0.29, 0.717) is 6.42 Å². The minimum atomic E-state index is -0.560. The Morgan fingerprint density at radius 3 is 2.48 bits per heavy atom. The zero-order chi connectivity index (χ0) is 18.0. The Bertz CT molecular complexity index is 771. The number of fused-ring (bicyclic) bond motifs is 1. The highest BCUT2D eigenvalue weighted by molar-refractivity contribution is 5.96. The van der Waals surface area contributed by atoms with E-state index in [9.17, 15) is 9.59 Å². The molecule has 1 heterocycles. The van der Waals surface area contributed by atoms with Gasteiger partial charge in [-0.05, 0) is 36.6 Å². The number of amides is 2. The third-order valence-corrected chi connectivity index (χ3v) is 4.43. The van der Waals surface area contributed by atoms with Gasteiger partial charge in [-0.2, -0.15) is 0 Å². The molecular formula is C20H22N2O3. The second-order valence-electron chi connectivity index (χ2n) is 6.43. The fraction of sp³-hybridized carbons (Fsp3) is 0.300. The predicted octanol–water partition coefficient (Wildman–Crippen LogP) is 2.70. The van der Waals surface area contributed by atoms with Crippen LogP contribution in [0.15, 0.2) is 42.5 Å². The zero-order valence-electron chi connectivity index (χ0n) is 14.7. The van der Waals surface area contributed by atoms with Crippen molar-refractivity contribution in [3.63, 3.8) is 0 Å². The number of anilines is 1. The summed E-state index contributed by atoms with van der Waals surface area (Å²) in [5.74, 6) is 0.339. The maximum atomic E-state index is 12.6. The molecule has 2 aromatic rings. The Labute approximate surface area is 147 Å². The Balaban J connectivity index is 1.60. The smallest absolute Gasteiger partial charge is 0.264 e. The van der Waals surface area contributed by atoms with Gasteiger partial charge in [-0.1, -0.05) is 36.4 Å². The van der Waals surface area contributed by atoms with Crippen molar-refractivity contribution in [2.45, 2.75) is 26.4 Å². The van der Waals surface area contributed by atoms with Crippen molar-refractivity contribution in [2.24, 2.45) is 0 Å². The first-order valence-electron chi connectivity index (χ1n) is 8.31. The molecule has 0 spiro atoms. The number of rotatable bonds is 4. The van der Waals surface area contributed by atoms with Gasteiger partial charge in [-0.25, -0.2) is 0 Å². The van der Waals surface area contributed by atoms with Gasteiger partial charge in [0.25, 0.3) is 5.91 Å². The predicted molar refractivity (Wildman–Crippen MR) is 96.7 cm³/mol. The lowest BCUT2D eigenvalue weighted by Gasteiger charge is -2.21. The van der Waals surface area contributed by atoms with Crippen LogP contribution in [0.1, 0.15) is 16.7 Å². The van der Waals surface area contributed by atoms with Crippen LogP contribution < -0.4 is 10.1 Å². The Morgan fingerprint density at radius 2 is 1.80 bits per heavy atom. The quantitative estimate of drug-likeness (QED) is 0.932. The van der Waals surface area contributed by atoms with Gasteiger partial charge < -0.3 is 15.0 Å². The molecule has 0 fully saturated rings. The van der Waals surface area contributed by atoms with Gasteiger partial charge in [0.2, 0.25) is 5.91 Å². The highest BCUT2D eigenvalue weighted by atomic mass is 16.5. The largest absolute Gasteiger partial charge is 0.480 e. The molecule has 1 aliphatic heterocycles. The molecule has 0 saturated carbocycles. The Kier molecular flexibility index (Phi) is 4.74. The summed E-state index contributed by atoms with van der Waals surface area (Å²) in [7, 11) is 1.62. The molecule has 1 N–H and O–H groups in total. The lowest BCUT2D eigenvalue weighted by Crippen LogP contribution is -2.42. The van der Waals surface area contributed by atoms with Crippen LogP contribution in [0, 0.1) is 13.8 Å². The number of carbonyl (C=O) groups excluding carboxylic acids is 2. The van der Waals surface area contributed by atoms with Crippen LogP contribution in [-0.2, 0) is 16.0 Å². The zero-order valence-corrected chi connectivity index (χ0v) is 14.7. The number of likely N-dealkylation sites (N-methyl/N-ethyl adjacent to an activating group) is 1. The lowest BCUT2D eigenvalue weighted by atomic mass is 10.1. The Hall–Kier alpha value is -2.82. The molecule has 5 heteroatoms. The number of ether oxygens (including phenoxy) is 1. The van der Waals surface area contributed by atoms with E-state index in [4.69, 9.17) is 4.74 Å². The van der Waals surface area contributed by atoms with E-state index in [1.54, 1.807) is 7.05 Å². The van der Waals surface area contributed by atoms with Crippen molar-refractivity contribution in [1.29, 1.82) is 0 Å². The topological polar surface area (TPSA) is 58.6 Å². The highest BCUT2D eigenvalue weighted by Crippen LogP contribution is 2.28. The number of para-hydroxylation sites is 2. The van der Waals surface area contributed by atoms with Gasteiger partial charge in [0.05, 0.1) is 6.54 Å². The molecular weight excluding hydrogens is 316 g/mol.